The van der Waals surface area contributed by atoms with E-state index in [9.17, 15) is 4.39 Å². The maximum absolute atomic E-state index is 13.6. The number of likely N-dealkylation sites (tertiary alicyclic amines) is 1. The van der Waals surface area contributed by atoms with Crippen LogP contribution in [0.25, 0.3) is 0 Å². The van der Waals surface area contributed by atoms with Gasteiger partial charge in [0.2, 0.25) is 0 Å². The van der Waals surface area contributed by atoms with Gasteiger partial charge in [0.25, 0.3) is 0 Å². The van der Waals surface area contributed by atoms with Crippen LogP contribution < -0.4 is 0 Å². The molecule has 0 saturated carbocycles. The van der Waals surface area contributed by atoms with Gasteiger partial charge in [-0.1, -0.05) is 6.08 Å². The Morgan fingerprint density at radius 3 is 2.84 bits per heavy atom. The fraction of sp³-hybridized carbons (Fsp3) is 0.500. The van der Waals surface area contributed by atoms with Crippen LogP contribution in [-0.4, -0.2) is 37.4 Å². The van der Waals surface area contributed by atoms with Gasteiger partial charge in [-0.3, -0.25) is 0 Å². The number of nitrogens with zero attached hydrogens (tertiary/aromatic N) is 1. The Hall–Kier alpha value is -1.46. The molecule has 3 nitrogen and oxygen atoms in total. The lowest BCUT2D eigenvalue weighted by Crippen LogP contribution is -2.34. The summed E-state index contributed by atoms with van der Waals surface area (Å²) in [7, 11) is 3.92. The normalized spacial score (nSPS) is 30.4. The third kappa shape index (κ3) is 3.44. The van der Waals surface area contributed by atoms with E-state index < -0.39 is 0 Å². The molecule has 2 aliphatic carbocycles. The summed E-state index contributed by atoms with van der Waals surface area (Å²) < 4.78 is 25.2. The Kier molecular flexibility index (Phi) is 4.78. The fourth-order valence-corrected chi connectivity index (χ4v) is 5.38. The second-order valence-corrected chi connectivity index (χ2v) is 8.34. The Balaban J connectivity index is 1.64. The van der Waals surface area contributed by atoms with Gasteiger partial charge in [-0.05, 0) is 51.0 Å². The molecule has 4 rings (SSSR count). The summed E-state index contributed by atoms with van der Waals surface area (Å²) in [5.74, 6) is 2.69. The molecule has 1 fully saturated rings. The minimum atomic E-state index is -0.216. The van der Waals surface area contributed by atoms with Crippen LogP contribution in [0.4, 0.5) is 4.39 Å². The number of methoxy groups -OCH3 is 1. The van der Waals surface area contributed by atoms with E-state index in [0.29, 0.717) is 11.8 Å². The first-order chi connectivity index (χ1) is 12.1. The SMILES string of the molecule is COC1=CC2=C(SC3C=CC(F)=CC3=CO2)C(C2CCN(C)CC2)C1. The highest BCUT2D eigenvalue weighted by molar-refractivity contribution is 8.04. The average Bonchev–Trinajstić information content (AvgIpc) is 2.80. The average molecular weight is 361 g/mol. The number of ether oxygens (including phenoxy) is 2. The zero-order valence-corrected chi connectivity index (χ0v) is 15.5. The van der Waals surface area contributed by atoms with E-state index in [1.807, 2.05) is 23.9 Å². The summed E-state index contributed by atoms with van der Waals surface area (Å²) in [5.41, 5.74) is 0.883. The summed E-state index contributed by atoms with van der Waals surface area (Å²) >= 11 is 1.81. The van der Waals surface area contributed by atoms with Gasteiger partial charge in [0.05, 0.1) is 24.4 Å². The third-order valence-electron chi connectivity index (χ3n) is 5.53. The number of hydrogen-bond donors (Lipinski definition) is 0. The van der Waals surface area contributed by atoms with E-state index in [1.54, 1.807) is 25.5 Å². The zero-order valence-electron chi connectivity index (χ0n) is 14.7. The minimum Gasteiger partial charge on any atom is -0.501 e. The van der Waals surface area contributed by atoms with Crippen LogP contribution in [0.1, 0.15) is 19.3 Å². The van der Waals surface area contributed by atoms with Crippen LogP contribution >= 0.6 is 11.8 Å². The highest BCUT2D eigenvalue weighted by Crippen LogP contribution is 2.48. The van der Waals surface area contributed by atoms with Gasteiger partial charge in [-0.15, -0.1) is 11.8 Å². The number of halogens is 1. The maximum Gasteiger partial charge on any atom is 0.139 e. The molecule has 0 radical (unpaired) electrons. The maximum atomic E-state index is 13.6. The van der Waals surface area contributed by atoms with Crippen molar-refractivity contribution in [1.29, 1.82) is 0 Å². The van der Waals surface area contributed by atoms with Gasteiger partial charge < -0.3 is 14.4 Å². The molecule has 25 heavy (non-hydrogen) atoms. The zero-order chi connectivity index (χ0) is 17.4. The Labute approximate surface area is 152 Å². The van der Waals surface area contributed by atoms with Gasteiger partial charge in [-0.25, -0.2) is 4.39 Å². The van der Waals surface area contributed by atoms with Crippen molar-refractivity contribution in [3.05, 3.63) is 58.4 Å². The van der Waals surface area contributed by atoms with Crippen LogP contribution in [0.3, 0.4) is 0 Å². The molecular weight excluding hydrogens is 337 g/mol. The molecule has 2 atom stereocenters. The molecule has 0 aromatic heterocycles. The van der Waals surface area contributed by atoms with Crippen molar-refractivity contribution in [2.75, 3.05) is 27.2 Å². The van der Waals surface area contributed by atoms with Gasteiger partial charge in [-0.2, -0.15) is 0 Å². The second-order valence-electron chi connectivity index (χ2n) is 7.16. The number of rotatable bonds is 2. The Morgan fingerprint density at radius 1 is 1.28 bits per heavy atom. The standard InChI is InChI=1S/C20H24FNO2S/c1-22-7-5-13(6-8-22)17-10-16(23-2)11-18-20(17)25-19-4-3-15(21)9-14(19)12-24-18/h3-4,9,11-13,17,19H,5-8,10H2,1-2H3. The largest absolute Gasteiger partial charge is 0.501 e. The monoisotopic (exact) mass is 361 g/mol. The number of thioether (sulfide) groups is 1. The molecule has 0 bridgehead atoms. The fourth-order valence-electron chi connectivity index (χ4n) is 4.02. The molecule has 4 aliphatic rings. The van der Waals surface area contributed by atoms with E-state index >= 15 is 0 Å². The van der Waals surface area contributed by atoms with E-state index in [-0.39, 0.29) is 11.1 Å². The summed E-state index contributed by atoms with van der Waals surface area (Å²) in [5, 5.41) is 0.123. The summed E-state index contributed by atoms with van der Waals surface area (Å²) in [4.78, 5) is 3.70. The first-order valence-electron chi connectivity index (χ1n) is 8.90. The third-order valence-corrected chi connectivity index (χ3v) is 6.97. The highest BCUT2D eigenvalue weighted by atomic mass is 32.2. The van der Waals surface area contributed by atoms with Gasteiger partial charge >= 0.3 is 0 Å². The second kappa shape index (κ2) is 7.04. The Morgan fingerprint density at radius 2 is 2.08 bits per heavy atom. The van der Waals surface area contributed by atoms with Gasteiger partial charge in [0.15, 0.2) is 0 Å². The molecule has 2 aliphatic heterocycles. The number of hydrogen-bond acceptors (Lipinski definition) is 4. The summed E-state index contributed by atoms with van der Waals surface area (Å²) in [6, 6.07) is 0. The molecule has 0 spiro atoms. The number of piperidine rings is 1. The molecule has 2 unspecified atom stereocenters. The van der Waals surface area contributed by atoms with Crippen molar-refractivity contribution < 1.29 is 13.9 Å². The van der Waals surface area contributed by atoms with Crippen molar-refractivity contribution in [2.45, 2.75) is 24.5 Å². The molecule has 5 heteroatoms. The topological polar surface area (TPSA) is 21.7 Å². The molecular formula is C20H24FNO2S. The van der Waals surface area contributed by atoms with Gasteiger partial charge in [0, 0.05) is 28.9 Å². The molecule has 1 saturated heterocycles. The van der Waals surface area contributed by atoms with E-state index in [4.69, 9.17) is 9.47 Å². The van der Waals surface area contributed by atoms with Crippen LogP contribution in [0.15, 0.2) is 58.4 Å². The molecule has 2 heterocycles. The van der Waals surface area contributed by atoms with Crippen molar-refractivity contribution >= 4 is 11.8 Å². The molecule has 0 N–H and O–H groups in total. The van der Waals surface area contributed by atoms with Crippen LogP contribution in [0.2, 0.25) is 0 Å². The first-order valence-corrected chi connectivity index (χ1v) is 9.78. The molecule has 0 aromatic rings. The molecule has 0 aromatic carbocycles. The van der Waals surface area contributed by atoms with Crippen molar-refractivity contribution in [3.8, 4) is 0 Å². The lowest BCUT2D eigenvalue weighted by molar-refractivity contribution is 0.167. The minimum absolute atomic E-state index is 0.123. The van der Waals surface area contributed by atoms with Crippen LogP contribution in [0.5, 0.6) is 0 Å². The van der Waals surface area contributed by atoms with Gasteiger partial charge in [0.1, 0.15) is 11.6 Å². The van der Waals surface area contributed by atoms with E-state index in [1.165, 1.54) is 17.7 Å². The predicted octanol–water partition coefficient (Wildman–Crippen LogP) is 4.53. The quantitative estimate of drug-likeness (QED) is 0.720. The van der Waals surface area contributed by atoms with Crippen LogP contribution in [0, 0.1) is 11.8 Å². The van der Waals surface area contributed by atoms with Crippen molar-refractivity contribution in [3.63, 3.8) is 0 Å². The smallest absolute Gasteiger partial charge is 0.139 e. The van der Waals surface area contributed by atoms with E-state index in [0.717, 1.165) is 36.6 Å². The van der Waals surface area contributed by atoms with Crippen LogP contribution in [-0.2, 0) is 9.47 Å². The van der Waals surface area contributed by atoms with E-state index in [2.05, 4.69) is 11.9 Å². The number of fused-ring (bicyclic) bond motifs is 1. The molecule has 0 amide bonds. The lowest BCUT2D eigenvalue weighted by Gasteiger charge is -2.37. The summed E-state index contributed by atoms with van der Waals surface area (Å²) in [6.45, 7) is 2.28. The van der Waals surface area contributed by atoms with Crippen molar-refractivity contribution in [1.82, 2.24) is 4.90 Å². The number of allylic oxidation sites excluding steroid dienone is 6. The molecule has 134 valence electrons. The highest BCUT2D eigenvalue weighted by Gasteiger charge is 2.36. The predicted molar refractivity (Wildman–Crippen MR) is 99.3 cm³/mol. The lowest BCUT2D eigenvalue weighted by atomic mass is 9.79. The Bertz CT molecular complexity index is 698. The summed E-state index contributed by atoms with van der Waals surface area (Å²) in [6.07, 6.45) is 12.1. The van der Waals surface area contributed by atoms with Crippen molar-refractivity contribution in [2.24, 2.45) is 11.8 Å². The first kappa shape index (κ1) is 17.0.